The van der Waals surface area contributed by atoms with Gasteiger partial charge < -0.3 is 15.7 Å². The van der Waals surface area contributed by atoms with E-state index in [-0.39, 0.29) is 17.0 Å². The van der Waals surface area contributed by atoms with Crippen molar-refractivity contribution in [2.75, 3.05) is 5.32 Å². The number of aromatic carboxylic acids is 1. The van der Waals surface area contributed by atoms with Crippen molar-refractivity contribution in [1.82, 2.24) is 5.32 Å². The molecular weight excluding hydrogens is 351 g/mol. The number of halogens is 1. The molecule has 0 aliphatic rings. The van der Waals surface area contributed by atoms with Crippen LogP contribution < -0.4 is 10.6 Å². The quantitative estimate of drug-likeness (QED) is 0.725. The summed E-state index contributed by atoms with van der Waals surface area (Å²) in [6.45, 7) is 5.21. The Balaban J connectivity index is 2.13. The van der Waals surface area contributed by atoms with E-state index >= 15 is 0 Å². The van der Waals surface area contributed by atoms with E-state index in [0.717, 1.165) is 0 Å². The summed E-state index contributed by atoms with van der Waals surface area (Å²) in [7, 11) is 0. The summed E-state index contributed by atoms with van der Waals surface area (Å²) in [5.74, 6) is -2.61. The Morgan fingerprint density at radius 3 is 2.19 bits per heavy atom. The molecule has 0 saturated carbocycles. The number of rotatable bonds is 6. The molecule has 27 heavy (non-hydrogen) atoms. The predicted octanol–water partition coefficient (Wildman–Crippen LogP) is 3.23. The molecule has 142 valence electrons. The van der Waals surface area contributed by atoms with Gasteiger partial charge in [0, 0.05) is 11.3 Å². The Bertz CT molecular complexity index is 863. The van der Waals surface area contributed by atoms with Crippen LogP contribution in [0.3, 0.4) is 0 Å². The molecule has 1 atom stereocenters. The van der Waals surface area contributed by atoms with Crippen molar-refractivity contribution in [1.29, 1.82) is 0 Å². The monoisotopic (exact) mass is 372 g/mol. The first-order valence-corrected chi connectivity index (χ1v) is 8.40. The Morgan fingerprint density at radius 2 is 1.67 bits per heavy atom. The van der Waals surface area contributed by atoms with Gasteiger partial charge in [-0.05, 0) is 60.9 Å². The molecule has 7 heteroatoms. The number of carboxylic acids is 1. The lowest BCUT2D eigenvalue weighted by atomic mass is 10.0. The number of hydrogen-bond donors (Lipinski definition) is 3. The molecule has 0 radical (unpaired) electrons. The number of carbonyl (C=O) groups is 3. The van der Waals surface area contributed by atoms with Gasteiger partial charge in [0.05, 0.1) is 5.56 Å². The summed E-state index contributed by atoms with van der Waals surface area (Å²) in [5.41, 5.74) is 1.34. The second-order valence-corrected chi connectivity index (χ2v) is 6.53. The fourth-order valence-corrected chi connectivity index (χ4v) is 2.56. The third kappa shape index (κ3) is 5.13. The molecule has 2 aromatic rings. The standard InChI is InChI=1S/C20H21FN2O4/c1-11(2)17(23-18(24)13-4-6-14(21)7-5-13)19(25)22-15-8-9-16(20(26)27)12(3)10-15/h4-11,17H,1-3H3,(H,22,25)(H,23,24)(H,26,27). The lowest BCUT2D eigenvalue weighted by Crippen LogP contribution is -2.47. The van der Waals surface area contributed by atoms with Crippen LogP contribution in [-0.2, 0) is 4.79 Å². The van der Waals surface area contributed by atoms with Gasteiger partial charge in [0.1, 0.15) is 11.9 Å². The second kappa shape index (κ2) is 8.44. The van der Waals surface area contributed by atoms with Gasteiger partial charge in [0.25, 0.3) is 5.91 Å². The molecule has 1 unspecified atom stereocenters. The van der Waals surface area contributed by atoms with Crippen LogP contribution in [-0.4, -0.2) is 28.9 Å². The molecule has 2 aromatic carbocycles. The fraction of sp³-hybridized carbons (Fsp3) is 0.250. The highest BCUT2D eigenvalue weighted by Crippen LogP contribution is 2.16. The van der Waals surface area contributed by atoms with Gasteiger partial charge in [-0.3, -0.25) is 9.59 Å². The first kappa shape index (κ1) is 20.1. The minimum atomic E-state index is -1.04. The third-order valence-corrected chi connectivity index (χ3v) is 4.07. The van der Waals surface area contributed by atoms with Crippen molar-refractivity contribution in [3.8, 4) is 0 Å². The highest BCUT2D eigenvalue weighted by Gasteiger charge is 2.25. The number of carbonyl (C=O) groups excluding carboxylic acids is 2. The summed E-state index contributed by atoms with van der Waals surface area (Å²) in [4.78, 5) is 36.0. The molecule has 0 aliphatic heterocycles. The van der Waals surface area contributed by atoms with Crippen LogP contribution in [0.4, 0.5) is 10.1 Å². The zero-order chi connectivity index (χ0) is 20.1. The maximum absolute atomic E-state index is 13.0. The average Bonchev–Trinajstić information content (AvgIpc) is 2.59. The number of nitrogens with one attached hydrogen (secondary N) is 2. The molecule has 0 heterocycles. The van der Waals surface area contributed by atoms with Gasteiger partial charge >= 0.3 is 5.97 Å². The Morgan fingerprint density at radius 1 is 1.04 bits per heavy atom. The van der Waals surface area contributed by atoms with Gasteiger partial charge in [-0.25, -0.2) is 9.18 Å². The van der Waals surface area contributed by atoms with Crippen LogP contribution in [0.1, 0.15) is 40.1 Å². The Labute approximate surface area is 156 Å². The van der Waals surface area contributed by atoms with Crippen LogP contribution in [0.2, 0.25) is 0 Å². The maximum atomic E-state index is 13.0. The number of aryl methyl sites for hydroxylation is 1. The normalized spacial score (nSPS) is 11.7. The highest BCUT2D eigenvalue weighted by molar-refractivity contribution is 6.01. The van der Waals surface area contributed by atoms with Crippen LogP contribution in [0.5, 0.6) is 0 Å². The van der Waals surface area contributed by atoms with E-state index < -0.39 is 29.6 Å². The van der Waals surface area contributed by atoms with E-state index in [0.29, 0.717) is 11.3 Å². The van der Waals surface area contributed by atoms with Crippen molar-refractivity contribution in [3.63, 3.8) is 0 Å². The first-order valence-electron chi connectivity index (χ1n) is 8.40. The summed E-state index contributed by atoms with van der Waals surface area (Å²) >= 11 is 0. The van der Waals surface area contributed by atoms with Crippen LogP contribution in [0, 0.1) is 18.7 Å². The summed E-state index contributed by atoms with van der Waals surface area (Å²) < 4.78 is 13.0. The van der Waals surface area contributed by atoms with Crippen LogP contribution in [0.25, 0.3) is 0 Å². The van der Waals surface area contributed by atoms with Crippen molar-refractivity contribution >= 4 is 23.5 Å². The zero-order valence-corrected chi connectivity index (χ0v) is 15.2. The number of hydrogen-bond acceptors (Lipinski definition) is 3. The van der Waals surface area contributed by atoms with E-state index in [1.807, 2.05) is 0 Å². The fourth-order valence-electron chi connectivity index (χ4n) is 2.56. The molecule has 2 amide bonds. The maximum Gasteiger partial charge on any atom is 0.335 e. The van der Waals surface area contributed by atoms with Gasteiger partial charge in [0.15, 0.2) is 0 Å². The molecule has 0 fully saturated rings. The molecule has 0 spiro atoms. The predicted molar refractivity (Wildman–Crippen MR) is 99.3 cm³/mol. The smallest absolute Gasteiger partial charge is 0.335 e. The topological polar surface area (TPSA) is 95.5 Å². The van der Waals surface area contributed by atoms with Gasteiger partial charge in [0.2, 0.25) is 5.91 Å². The van der Waals surface area contributed by atoms with E-state index in [2.05, 4.69) is 10.6 Å². The molecule has 0 aromatic heterocycles. The zero-order valence-electron chi connectivity index (χ0n) is 15.2. The summed E-state index contributed by atoms with van der Waals surface area (Å²) in [6.07, 6.45) is 0. The average molecular weight is 372 g/mol. The Kier molecular flexibility index (Phi) is 6.28. The van der Waals surface area contributed by atoms with Gasteiger partial charge in [-0.2, -0.15) is 0 Å². The van der Waals surface area contributed by atoms with E-state index in [1.54, 1.807) is 26.8 Å². The SMILES string of the molecule is Cc1cc(NC(=O)C(NC(=O)c2ccc(F)cc2)C(C)C)ccc1C(=O)O. The number of benzene rings is 2. The molecule has 0 aliphatic carbocycles. The lowest BCUT2D eigenvalue weighted by molar-refractivity contribution is -0.118. The van der Waals surface area contributed by atoms with Gasteiger partial charge in [-0.1, -0.05) is 13.8 Å². The molecule has 6 nitrogen and oxygen atoms in total. The minimum absolute atomic E-state index is 0.151. The number of amides is 2. The largest absolute Gasteiger partial charge is 0.478 e. The molecule has 3 N–H and O–H groups in total. The van der Waals surface area contributed by atoms with E-state index in [1.165, 1.54) is 36.4 Å². The van der Waals surface area contributed by atoms with Crippen LogP contribution >= 0.6 is 0 Å². The van der Waals surface area contributed by atoms with Crippen molar-refractivity contribution < 1.29 is 23.9 Å². The third-order valence-electron chi connectivity index (χ3n) is 4.07. The van der Waals surface area contributed by atoms with Crippen molar-refractivity contribution in [3.05, 3.63) is 65.0 Å². The van der Waals surface area contributed by atoms with E-state index in [9.17, 15) is 18.8 Å². The van der Waals surface area contributed by atoms with Gasteiger partial charge in [-0.15, -0.1) is 0 Å². The minimum Gasteiger partial charge on any atom is -0.478 e. The van der Waals surface area contributed by atoms with Crippen molar-refractivity contribution in [2.45, 2.75) is 26.8 Å². The molecule has 0 saturated heterocycles. The first-order chi connectivity index (χ1) is 12.7. The summed E-state index contributed by atoms with van der Waals surface area (Å²) in [6, 6.07) is 8.67. The molecule has 0 bridgehead atoms. The van der Waals surface area contributed by atoms with E-state index in [4.69, 9.17) is 5.11 Å². The van der Waals surface area contributed by atoms with Crippen LogP contribution in [0.15, 0.2) is 42.5 Å². The number of carboxylic acid groups (broad SMARTS) is 1. The summed E-state index contributed by atoms with van der Waals surface area (Å²) in [5, 5.41) is 14.4. The Hall–Kier alpha value is -3.22. The second-order valence-electron chi connectivity index (χ2n) is 6.53. The number of anilines is 1. The highest BCUT2D eigenvalue weighted by atomic mass is 19.1. The van der Waals surface area contributed by atoms with Crippen molar-refractivity contribution in [2.24, 2.45) is 5.92 Å². The molecular formula is C20H21FN2O4. The molecule has 2 rings (SSSR count). The lowest BCUT2D eigenvalue weighted by Gasteiger charge is -2.22.